The van der Waals surface area contributed by atoms with Gasteiger partial charge in [-0.2, -0.15) is 0 Å². The van der Waals surface area contributed by atoms with Gasteiger partial charge in [-0.3, -0.25) is 0 Å². The number of rotatable bonds is 2. The first-order chi connectivity index (χ1) is 6.65. The number of aliphatic imine (C=N–C) groups is 1. The van der Waals surface area contributed by atoms with Crippen LogP contribution in [0, 0.1) is 0 Å². The van der Waals surface area contributed by atoms with Gasteiger partial charge in [0.05, 0.1) is 11.5 Å². The minimum atomic E-state index is 0.541. The maximum Gasteiger partial charge on any atom is 0.103 e. The van der Waals surface area contributed by atoms with E-state index in [-0.39, 0.29) is 0 Å². The summed E-state index contributed by atoms with van der Waals surface area (Å²) in [7, 11) is 0. The highest BCUT2D eigenvalue weighted by Gasteiger charge is 1.90. The average molecular weight is 211 g/mol. The van der Waals surface area contributed by atoms with E-state index in [1.807, 2.05) is 6.20 Å². The van der Waals surface area contributed by atoms with Gasteiger partial charge in [0.25, 0.3) is 0 Å². The summed E-state index contributed by atoms with van der Waals surface area (Å²) in [5.41, 5.74) is 1.35. The Balaban J connectivity index is 3.32. The summed E-state index contributed by atoms with van der Waals surface area (Å²) in [4.78, 5) is 7.19. The zero-order valence-corrected chi connectivity index (χ0v) is 9.52. The van der Waals surface area contributed by atoms with Crippen LogP contribution in [0.3, 0.4) is 0 Å². The molecular formula is C11H15ClN2. The molecule has 1 N–H and O–H groups in total. The molecule has 0 radical (unpaired) electrons. The van der Waals surface area contributed by atoms with Crippen LogP contribution >= 0.6 is 11.6 Å². The number of aromatic nitrogens is 1. The average Bonchev–Trinajstić information content (AvgIpc) is 2.61. The lowest BCUT2D eigenvalue weighted by Gasteiger charge is -1.90. The van der Waals surface area contributed by atoms with Gasteiger partial charge in [-0.15, -0.1) is 0 Å². The summed E-state index contributed by atoms with van der Waals surface area (Å²) in [5, 5.41) is 2.78. The standard InChI is InChI=1S/C11H15ClN2/c1-4-8(2)10-5-6-13-11(10)7-14-9(3)12/h5-7,13H,4H2,1-3H3/b10-8+,11-7+,14-9?. The van der Waals surface area contributed by atoms with E-state index in [1.165, 1.54) is 10.8 Å². The zero-order valence-electron chi connectivity index (χ0n) is 8.76. The highest BCUT2D eigenvalue weighted by atomic mass is 35.5. The first-order valence-electron chi connectivity index (χ1n) is 4.68. The van der Waals surface area contributed by atoms with Gasteiger partial charge in [0.2, 0.25) is 0 Å². The van der Waals surface area contributed by atoms with Crippen molar-refractivity contribution in [1.29, 1.82) is 0 Å². The predicted molar refractivity (Wildman–Crippen MR) is 62.8 cm³/mol. The molecule has 76 valence electrons. The molecular weight excluding hydrogens is 196 g/mol. The molecule has 0 saturated heterocycles. The van der Waals surface area contributed by atoms with Crippen molar-refractivity contribution in [3.05, 3.63) is 22.8 Å². The van der Waals surface area contributed by atoms with Crippen LogP contribution in [0.2, 0.25) is 0 Å². The third-order valence-corrected chi connectivity index (χ3v) is 2.24. The topological polar surface area (TPSA) is 28.1 Å². The molecule has 14 heavy (non-hydrogen) atoms. The van der Waals surface area contributed by atoms with Crippen LogP contribution in [0.5, 0.6) is 0 Å². The summed E-state index contributed by atoms with van der Waals surface area (Å²) in [5.74, 6) is 0. The zero-order chi connectivity index (χ0) is 10.6. The van der Waals surface area contributed by atoms with Crippen molar-refractivity contribution in [1.82, 2.24) is 4.98 Å². The Labute approximate surface area is 89.0 Å². The van der Waals surface area contributed by atoms with Crippen LogP contribution in [0.4, 0.5) is 0 Å². The molecule has 1 aromatic rings. The molecule has 1 aromatic heterocycles. The molecule has 0 aliphatic carbocycles. The Morgan fingerprint density at radius 1 is 1.57 bits per heavy atom. The van der Waals surface area contributed by atoms with E-state index in [0.717, 1.165) is 11.8 Å². The van der Waals surface area contributed by atoms with Gasteiger partial charge >= 0.3 is 0 Å². The molecule has 0 aromatic carbocycles. The van der Waals surface area contributed by atoms with Crippen LogP contribution in [-0.4, -0.2) is 10.2 Å². The minimum absolute atomic E-state index is 0.541. The predicted octanol–water partition coefficient (Wildman–Crippen LogP) is 1.99. The number of nitrogens with one attached hydrogen (secondary N) is 1. The van der Waals surface area contributed by atoms with E-state index in [0.29, 0.717) is 5.17 Å². The van der Waals surface area contributed by atoms with Gasteiger partial charge in [-0.05, 0) is 31.6 Å². The SMILES string of the molecule is CC/C(C)=c1\cc[nH]\c1=C\N=C(C)Cl. The van der Waals surface area contributed by atoms with Gasteiger partial charge in [0.1, 0.15) is 5.17 Å². The lowest BCUT2D eigenvalue weighted by Crippen LogP contribution is -2.23. The molecule has 0 fully saturated rings. The number of aromatic amines is 1. The lowest BCUT2D eigenvalue weighted by molar-refractivity contribution is 1.19. The molecule has 0 atom stereocenters. The minimum Gasteiger partial charge on any atom is -0.360 e. The van der Waals surface area contributed by atoms with Crippen molar-refractivity contribution in [2.24, 2.45) is 4.99 Å². The number of H-pyrrole nitrogens is 1. The third kappa shape index (κ3) is 2.74. The van der Waals surface area contributed by atoms with Gasteiger partial charge in [0, 0.05) is 6.20 Å². The Bertz CT molecular complexity index is 436. The molecule has 0 amide bonds. The Morgan fingerprint density at radius 2 is 2.29 bits per heavy atom. The van der Waals surface area contributed by atoms with Crippen LogP contribution in [-0.2, 0) is 0 Å². The van der Waals surface area contributed by atoms with Crippen molar-refractivity contribution in [2.45, 2.75) is 27.2 Å². The van der Waals surface area contributed by atoms with Gasteiger partial charge in [0.15, 0.2) is 0 Å². The monoisotopic (exact) mass is 210 g/mol. The molecule has 0 aliphatic rings. The molecule has 0 aliphatic heterocycles. The molecule has 1 rings (SSSR count). The highest BCUT2D eigenvalue weighted by molar-refractivity contribution is 6.65. The second-order valence-corrected chi connectivity index (χ2v) is 3.74. The molecule has 0 spiro atoms. The fraction of sp³-hybridized carbons (Fsp3) is 0.364. The van der Waals surface area contributed by atoms with Crippen LogP contribution in [0.15, 0.2) is 17.3 Å². The molecule has 1 heterocycles. The van der Waals surface area contributed by atoms with Crippen molar-refractivity contribution in [2.75, 3.05) is 0 Å². The summed E-state index contributed by atoms with van der Waals surface area (Å²) in [6.07, 6.45) is 4.72. The second kappa shape index (κ2) is 5.01. The maximum atomic E-state index is 5.66. The molecule has 0 bridgehead atoms. The number of halogens is 1. The fourth-order valence-corrected chi connectivity index (χ4v) is 1.25. The summed E-state index contributed by atoms with van der Waals surface area (Å²) in [6, 6.07) is 2.06. The molecule has 0 saturated carbocycles. The second-order valence-electron chi connectivity index (χ2n) is 3.19. The van der Waals surface area contributed by atoms with Crippen LogP contribution < -0.4 is 10.6 Å². The molecule has 2 nitrogen and oxygen atoms in total. The van der Waals surface area contributed by atoms with Crippen LogP contribution in [0.1, 0.15) is 27.2 Å². The number of hydrogen-bond donors (Lipinski definition) is 1. The van der Waals surface area contributed by atoms with Crippen molar-refractivity contribution < 1.29 is 0 Å². The summed E-state index contributed by atoms with van der Waals surface area (Å²) >= 11 is 5.66. The maximum absolute atomic E-state index is 5.66. The normalized spacial score (nSPS) is 16.0. The quantitative estimate of drug-likeness (QED) is 0.724. The van der Waals surface area contributed by atoms with Crippen molar-refractivity contribution in [3.63, 3.8) is 0 Å². The smallest absolute Gasteiger partial charge is 0.103 e. The third-order valence-electron chi connectivity index (χ3n) is 2.14. The summed E-state index contributed by atoms with van der Waals surface area (Å²) < 4.78 is 0. The van der Waals surface area contributed by atoms with E-state index in [2.05, 4.69) is 29.9 Å². The van der Waals surface area contributed by atoms with Crippen LogP contribution in [0.25, 0.3) is 11.8 Å². The molecule has 3 heteroatoms. The Kier molecular flexibility index (Phi) is 3.96. The Hall–Kier alpha value is -1.02. The first-order valence-corrected chi connectivity index (χ1v) is 5.06. The highest BCUT2D eigenvalue weighted by Crippen LogP contribution is 1.93. The van der Waals surface area contributed by atoms with Crippen molar-refractivity contribution >= 4 is 28.5 Å². The lowest BCUT2D eigenvalue weighted by atomic mass is 10.2. The number of nitrogens with zero attached hydrogens (tertiary/aromatic N) is 1. The summed E-state index contributed by atoms with van der Waals surface area (Å²) in [6.45, 7) is 6.02. The van der Waals surface area contributed by atoms with E-state index < -0.39 is 0 Å². The largest absolute Gasteiger partial charge is 0.360 e. The van der Waals surface area contributed by atoms with Crippen molar-refractivity contribution in [3.8, 4) is 0 Å². The van der Waals surface area contributed by atoms with E-state index in [9.17, 15) is 0 Å². The number of hydrogen-bond acceptors (Lipinski definition) is 1. The van der Waals surface area contributed by atoms with E-state index in [4.69, 9.17) is 11.6 Å². The first kappa shape index (κ1) is 11.1. The molecule has 0 unspecified atom stereocenters. The van der Waals surface area contributed by atoms with Gasteiger partial charge < -0.3 is 4.98 Å². The van der Waals surface area contributed by atoms with E-state index >= 15 is 0 Å². The van der Waals surface area contributed by atoms with Gasteiger partial charge in [-0.1, -0.05) is 24.1 Å². The van der Waals surface area contributed by atoms with E-state index in [1.54, 1.807) is 13.1 Å². The Morgan fingerprint density at radius 3 is 2.86 bits per heavy atom. The van der Waals surface area contributed by atoms with Gasteiger partial charge in [-0.25, -0.2) is 4.99 Å². The fourth-order valence-electron chi connectivity index (χ4n) is 1.21.